The summed E-state index contributed by atoms with van der Waals surface area (Å²) in [6.07, 6.45) is 2.29. The van der Waals surface area contributed by atoms with Gasteiger partial charge < -0.3 is 23.9 Å². The van der Waals surface area contributed by atoms with Gasteiger partial charge in [0, 0.05) is 38.7 Å². The van der Waals surface area contributed by atoms with Crippen LogP contribution >= 0.6 is 0 Å². The molecule has 0 unspecified atom stereocenters. The highest BCUT2D eigenvalue weighted by atomic mass is 32.2. The molecule has 1 N–H and O–H groups in total. The van der Waals surface area contributed by atoms with Crippen molar-refractivity contribution in [2.24, 2.45) is 5.92 Å². The Balaban J connectivity index is 1.82. The Kier molecular flexibility index (Phi) is 9.33. The molecule has 1 heterocycles. The Morgan fingerprint density at radius 2 is 1.86 bits per heavy atom. The SMILES string of the molecule is COc1ccc(CN(C[C@@H]2CCCO2)C(=O)CC(C)C)cc1OS(=O)(=O)c1ccc(NC(C)=O)cc1. The number of rotatable bonds is 11. The van der Waals surface area contributed by atoms with Gasteiger partial charge in [0.2, 0.25) is 11.8 Å². The van der Waals surface area contributed by atoms with E-state index >= 15 is 0 Å². The van der Waals surface area contributed by atoms with E-state index in [1.165, 1.54) is 38.3 Å². The van der Waals surface area contributed by atoms with E-state index in [9.17, 15) is 18.0 Å². The summed E-state index contributed by atoms with van der Waals surface area (Å²) in [7, 11) is -2.76. The third kappa shape index (κ3) is 7.69. The van der Waals surface area contributed by atoms with Gasteiger partial charge in [0.1, 0.15) is 4.90 Å². The third-order valence-corrected chi connectivity index (χ3v) is 6.90. The molecule has 1 atom stereocenters. The maximum absolute atomic E-state index is 13.0. The largest absolute Gasteiger partial charge is 0.493 e. The number of nitrogens with zero attached hydrogens (tertiary/aromatic N) is 1. The summed E-state index contributed by atoms with van der Waals surface area (Å²) in [5.74, 6) is 0.238. The molecule has 0 spiro atoms. The van der Waals surface area contributed by atoms with Crippen LogP contribution in [0.25, 0.3) is 0 Å². The first kappa shape index (κ1) is 27.5. The van der Waals surface area contributed by atoms with Gasteiger partial charge in [-0.1, -0.05) is 19.9 Å². The lowest BCUT2D eigenvalue weighted by Crippen LogP contribution is -2.37. The van der Waals surface area contributed by atoms with Crippen molar-refractivity contribution in [3.63, 3.8) is 0 Å². The molecule has 3 rings (SSSR count). The molecular formula is C26H34N2O7S. The standard InChI is InChI=1S/C26H34N2O7S/c1-18(2)14-26(30)28(17-22-6-5-13-34-22)16-20-7-12-24(33-4)25(15-20)35-36(31,32)23-10-8-21(9-11-23)27-19(3)29/h7-12,15,18,22H,5-6,13-14,16-17H2,1-4H3,(H,27,29)/t22-/m0/s1. The number of hydrogen-bond acceptors (Lipinski definition) is 7. The van der Waals surface area contributed by atoms with Crippen LogP contribution in [-0.2, 0) is 31.0 Å². The average molecular weight is 519 g/mol. The number of anilines is 1. The minimum Gasteiger partial charge on any atom is -0.493 e. The summed E-state index contributed by atoms with van der Waals surface area (Å²) in [4.78, 5) is 25.8. The minimum absolute atomic E-state index is 0.00378. The van der Waals surface area contributed by atoms with Crippen LogP contribution in [0.2, 0.25) is 0 Å². The fourth-order valence-corrected chi connectivity index (χ4v) is 4.88. The number of amides is 2. The maximum Gasteiger partial charge on any atom is 0.339 e. The number of benzene rings is 2. The van der Waals surface area contributed by atoms with Gasteiger partial charge in [-0.25, -0.2) is 0 Å². The van der Waals surface area contributed by atoms with Crippen molar-refractivity contribution in [2.45, 2.75) is 57.6 Å². The number of methoxy groups -OCH3 is 1. The molecule has 1 aliphatic rings. The molecule has 0 radical (unpaired) electrons. The molecule has 2 amide bonds. The Hall–Kier alpha value is -3.11. The van der Waals surface area contributed by atoms with E-state index in [4.69, 9.17) is 13.7 Å². The van der Waals surface area contributed by atoms with Gasteiger partial charge in [-0.15, -0.1) is 0 Å². The lowest BCUT2D eigenvalue weighted by molar-refractivity contribution is -0.134. The van der Waals surface area contributed by atoms with Gasteiger partial charge >= 0.3 is 10.1 Å². The molecule has 1 fully saturated rings. The van der Waals surface area contributed by atoms with Gasteiger partial charge in [-0.3, -0.25) is 9.59 Å². The minimum atomic E-state index is -4.18. The van der Waals surface area contributed by atoms with Crippen molar-refractivity contribution in [3.8, 4) is 11.5 Å². The summed E-state index contributed by atoms with van der Waals surface area (Å²) in [5, 5.41) is 2.59. The summed E-state index contributed by atoms with van der Waals surface area (Å²) in [5.41, 5.74) is 1.18. The molecule has 2 aromatic carbocycles. The van der Waals surface area contributed by atoms with Gasteiger partial charge in [0.15, 0.2) is 11.5 Å². The average Bonchev–Trinajstić information content (AvgIpc) is 3.31. The van der Waals surface area contributed by atoms with Crippen LogP contribution in [0.15, 0.2) is 47.4 Å². The highest BCUT2D eigenvalue weighted by Crippen LogP contribution is 2.32. The fourth-order valence-electron chi connectivity index (χ4n) is 3.95. The molecule has 2 aromatic rings. The molecule has 0 aromatic heterocycles. The molecule has 0 saturated carbocycles. The monoisotopic (exact) mass is 518 g/mol. The van der Waals surface area contributed by atoms with Gasteiger partial charge in [0.25, 0.3) is 0 Å². The normalized spacial score (nSPS) is 15.5. The van der Waals surface area contributed by atoms with E-state index in [0.717, 1.165) is 12.8 Å². The number of ether oxygens (including phenoxy) is 2. The number of carbonyl (C=O) groups excluding carboxylic acids is 2. The highest BCUT2D eigenvalue weighted by molar-refractivity contribution is 7.87. The first-order valence-electron chi connectivity index (χ1n) is 12.0. The van der Waals surface area contributed by atoms with Crippen LogP contribution in [0.5, 0.6) is 11.5 Å². The van der Waals surface area contributed by atoms with E-state index in [-0.39, 0.29) is 46.8 Å². The fraction of sp³-hybridized carbons (Fsp3) is 0.462. The van der Waals surface area contributed by atoms with Crippen LogP contribution in [0, 0.1) is 5.92 Å². The van der Waals surface area contributed by atoms with Crippen molar-refractivity contribution in [1.82, 2.24) is 4.90 Å². The summed E-state index contributed by atoms with van der Waals surface area (Å²) in [6, 6.07) is 10.6. The molecule has 1 aliphatic heterocycles. The zero-order chi connectivity index (χ0) is 26.3. The summed E-state index contributed by atoms with van der Waals surface area (Å²) < 4.78 is 42.4. The second-order valence-corrected chi connectivity index (χ2v) is 10.8. The van der Waals surface area contributed by atoms with Crippen LogP contribution in [0.1, 0.15) is 45.6 Å². The van der Waals surface area contributed by atoms with Gasteiger partial charge in [-0.2, -0.15) is 8.42 Å². The lowest BCUT2D eigenvalue weighted by Gasteiger charge is -2.26. The van der Waals surface area contributed by atoms with Crippen LogP contribution in [0.3, 0.4) is 0 Å². The summed E-state index contributed by atoms with van der Waals surface area (Å²) in [6.45, 7) is 6.82. The molecule has 1 saturated heterocycles. The quantitative estimate of drug-likeness (QED) is 0.448. The molecule has 36 heavy (non-hydrogen) atoms. The smallest absolute Gasteiger partial charge is 0.339 e. The zero-order valence-corrected chi connectivity index (χ0v) is 22.0. The first-order chi connectivity index (χ1) is 17.1. The topological polar surface area (TPSA) is 111 Å². The first-order valence-corrected chi connectivity index (χ1v) is 13.4. The van der Waals surface area contributed by atoms with E-state index in [0.29, 0.717) is 30.8 Å². The molecule has 0 bridgehead atoms. The van der Waals surface area contributed by atoms with Crippen LogP contribution < -0.4 is 14.2 Å². The summed E-state index contributed by atoms with van der Waals surface area (Å²) >= 11 is 0. The predicted octanol–water partition coefficient (Wildman–Crippen LogP) is 3.98. The second kappa shape index (κ2) is 12.2. The number of hydrogen-bond donors (Lipinski definition) is 1. The Morgan fingerprint density at radius 3 is 2.44 bits per heavy atom. The third-order valence-electron chi connectivity index (χ3n) is 5.65. The maximum atomic E-state index is 13.0. The van der Waals surface area contributed by atoms with Gasteiger partial charge in [0.05, 0.1) is 13.2 Å². The Labute approximate surface area is 212 Å². The Bertz CT molecular complexity index is 1160. The van der Waals surface area contributed by atoms with Crippen molar-refractivity contribution in [1.29, 1.82) is 0 Å². The molecule has 10 heteroatoms. The van der Waals surface area contributed by atoms with E-state index in [2.05, 4.69) is 5.32 Å². The van der Waals surface area contributed by atoms with Crippen molar-refractivity contribution in [3.05, 3.63) is 48.0 Å². The van der Waals surface area contributed by atoms with Crippen LogP contribution in [-0.4, -0.2) is 51.5 Å². The van der Waals surface area contributed by atoms with Crippen LogP contribution in [0.4, 0.5) is 5.69 Å². The second-order valence-electron chi connectivity index (χ2n) is 9.24. The molecule has 0 aliphatic carbocycles. The van der Waals surface area contributed by atoms with Gasteiger partial charge in [-0.05, 0) is 60.7 Å². The van der Waals surface area contributed by atoms with Crippen molar-refractivity contribution < 1.29 is 31.7 Å². The van der Waals surface area contributed by atoms with E-state index in [1.807, 2.05) is 13.8 Å². The van der Waals surface area contributed by atoms with E-state index < -0.39 is 10.1 Å². The molecule has 196 valence electrons. The Morgan fingerprint density at radius 1 is 1.14 bits per heavy atom. The molecular weight excluding hydrogens is 484 g/mol. The van der Waals surface area contributed by atoms with Crippen molar-refractivity contribution >= 4 is 27.6 Å². The number of nitrogens with one attached hydrogen (secondary N) is 1. The lowest BCUT2D eigenvalue weighted by atomic mass is 10.1. The molecule has 9 nitrogen and oxygen atoms in total. The highest BCUT2D eigenvalue weighted by Gasteiger charge is 2.25. The zero-order valence-electron chi connectivity index (χ0n) is 21.2. The van der Waals surface area contributed by atoms with Crippen molar-refractivity contribution in [2.75, 3.05) is 25.6 Å². The predicted molar refractivity (Wildman–Crippen MR) is 135 cm³/mol. The van der Waals surface area contributed by atoms with E-state index in [1.54, 1.807) is 23.1 Å². The number of carbonyl (C=O) groups is 2.